The minimum atomic E-state index is -0.0690. The number of rotatable bonds is 5. The number of benzene rings is 1. The van der Waals surface area contributed by atoms with E-state index in [1.807, 2.05) is 19.3 Å². The minimum Gasteiger partial charge on any atom is -0.271 e. The third-order valence-corrected chi connectivity index (χ3v) is 3.40. The largest absolute Gasteiger partial charge is 0.271 e. The van der Waals surface area contributed by atoms with E-state index >= 15 is 0 Å². The lowest BCUT2D eigenvalue weighted by molar-refractivity contribution is 0.522. The summed E-state index contributed by atoms with van der Waals surface area (Å²) in [7, 11) is 0. The number of nitrogens with two attached hydrogens (primary N) is 1. The van der Waals surface area contributed by atoms with Crippen molar-refractivity contribution in [2.45, 2.75) is 39.2 Å². The quantitative estimate of drug-likeness (QED) is 0.647. The predicted molar refractivity (Wildman–Crippen MR) is 81.1 cm³/mol. The number of aryl methyl sites for hydroxylation is 1. The van der Waals surface area contributed by atoms with Crippen LogP contribution in [0.4, 0.5) is 0 Å². The normalized spacial score (nSPS) is 12.7. The highest BCUT2D eigenvalue weighted by Gasteiger charge is 2.13. The Hall–Kier alpha value is -1.78. The highest BCUT2D eigenvalue weighted by molar-refractivity contribution is 5.25. The Morgan fingerprint density at radius 1 is 1.10 bits per heavy atom. The Labute approximate surface area is 120 Å². The van der Waals surface area contributed by atoms with Gasteiger partial charge in [-0.1, -0.05) is 38.1 Å². The predicted octanol–water partition coefficient (Wildman–Crippen LogP) is 2.66. The zero-order valence-corrected chi connectivity index (χ0v) is 12.3. The van der Waals surface area contributed by atoms with Gasteiger partial charge in [-0.15, -0.1) is 0 Å². The Bertz CT molecular complexity index is 531. The lowest BCUT2D eigenvalue weighted by atomic mass is 9.99. The van der Waals surface area contributed by atoms with Crippen molar-refractivity contribution < 1.29 is 0 Å². The summed E-state index contributed by atoms with van der Waals surface area (Å²) in [6.07, 6.45) is 4.40. The molecule has 0 fully saturated rings. The van der Waals surface area contributed by atoms with Crippen LogP contribution in [0.5, 0.6) is 0 Å². The smallest absolute Gasteiger partial charge is 0.146 e. The molecule has 2 rings (SSSR count). The van der Waals surface area contributed by atoms with E-state index in [9.17, 15) is 0 Å². The summed E-state index contributed by atoms with van der Waals surface area (Å²) in [5.41, 5.74) is 6.41. The van der Waals surface area contributed by atoms with Crippen LogP contribution < -0.4 is 11.3 Å². The molecule has 106 valence electrons. The summed E-state index contributed by atoms with van der Waals surface area (Å²) in [6.45, 7) is 6.36. The van der Waals surface area contributed by atoms with Crippen molar-refractivity contribution in [3.63, 3.8) is 0 Å². The van der Waals surface area contributed by atoms with Crippen LogP contribution in [0.1, 0.15) is 48.3 Å². The first-order valence-corrected chi connectivity index (χ1v) is 6.93. The Balaban J connectivity index is 2.11. The summed E-state index contributed by atoms with van der Waals surface area (Å²) < 4.78 is 0. The van der Waals surface area contributed by atoms with Gasteiger partial charge in [-0.3, -0.25) is 5.84 Å². The summed E-state index contributed by atoms with van der Waals surface area (Å²) in [6, 6.07) is 8.56. The maximum atomic E-state index is 5.64. The third-order valence-electron chi connectivity index (χ3n) is 3.40. The van der Waals surface area contributed by atoms with Gasteiger partial charge in [0.2, 0.25) is 0 Å². The van der Waals surface area contributed by atoms with Crippen molar-refractivity contribution in [2.24, 2.45) is 5.84 Å². The van der Waals surface area contributed by atoms with Gasteiger partial charge in [0.25, 0.3) is 0 Å². The lowest BCUT2D eigenvalue weighted by Crippen LogP contribution is -2.31. The zero-order valence-electron chi connectivity index (χ0n) is 12.3. The maximum Gasteiger partial charge on any atom is 0.146 e. The van der Waals surface area contributed by atoms with Crippen LogP contribution in [0.2, 0.25) is 0 Å². The molecule has 0 radical (unpaired) electrons. The zero-order chi connectivity index (χ0) is 14.5. The molecule has 20 heavy (non-hydrogen) atoms. The second kappa shape index (κ2) is 6.59. The standard InChI is InChI=1S/C16H22N4/c1-11(2)14-6-4-13(5-7-14)8-15(20-17)16-18-9-12(3)10-19-16/h4-7,9-11,15,20H,8,17H2,1-3H3. The van der Waals surface area contributed by atoms with Crippen LogP contribution in [0.15, 0.2) is 36.7 Å². The molecule has 0 aliphatic heterocycles. The summed E-state index contributed by atoms with van der Waals surface area (Å²) in [4.78, 5) is 8.68. The molecule has 0 saturated heterocycles. The van der Waals surface area contributed by atoms with E-state index in [1.54, 1.807) is 0 Å². The van der Waals surface area contributed by atoms with Crippen LogP contribution in [-0.4, -0.2) is 9.97 Å². The monoisotopic (exact) mass is 270 g/mol. The Morgan fingerprint density at radius 2 is 1.70 bits per heavy atom. The Morgan fingerprint density at radius 3 is 2.20 bits per heavy atom. The molecule has 1 atom stereocenters. The van der Waals surface area contributed by atoms with Crippen molar-refractivity contribution in [1.29, 1.82) is 0 Å². The van der Waals surface area contributed by atoms with Gasteiger partial charge in [-0.05, 0) is 36.0 Å². The van der Waals surface area contributed by atoms with E-state index in [2.05, 4.69) is 53.5 Å². The van der Waals surface area contributed by atoms with Gasteiger partial charge in [0, 0.05) is 12.4 Å². The highest BCUT2D eigenvalue weighted by atomic mass is 15.2. The Kier molecular flexibility index (Phi) is 4.82. The molecule has 4 nitrogen and oxygen atoms in total. The first kappa shape index (κ1) is 14.6. The van der Waals surface area contributed by atoms with Gasteiger partial charge >= 0.3 is 0 Å². The fourth-order valence-corrected chi connectivity index (χ4v) is 2.08. The van der Waals surface area contributed by atoms with Crippen LogP contribution in [-0.2, 0) is 6.42 Å². The first-order valence-electron chi connectivity index (χ1n) is 6.93. The molecule has 1 aromatic heterocycles. The van der Waals surface area contributed by atoms with Crippen molar-refractivity contribution in [3.05, 3.63) is 59.2 Å². The van der Waals surface area contributed by atoms with Gasteiger partial charge < -0.3 is 0 Å². The fourth-order valence-electron chi connectivity index (χ4n) is 2.08. The molecule has 3 N–H and O–H groups in total. The highest BCUT2D eigenvalue weighted by Crippen LogP contribution is 2.18. The molecule has 2 aromatic rings. The molecule has 0 amide bonds. The van der Waals surface area contributed by atoms with Crippen molar-refractivity contribution >= 4 is 0 Å². The molecular weight excluding hydrogens is 248 g/mol. The average molecular weight is 270 g/mol. The molecule has 1 aromatic carbocycles. The van der Waals surface area contributed by atoms with Gasteiger partial charge in [0.1, 0.15) is 5.82 Å². The van der Waals surface area contributed by atoms with Gasteiger partial charge in [0.05, 0.1) is 6.04 Å². The van der Waals surface area contributed by atoms with Crippen molar-refractivity contribution in [2.75, 3.05) is 0 Å². The topological polar surface area (TPSA) is 63.8 Å². The average Bonchev–Trinajstić information content (AvgIpc) is 2.46. The molecule has 0 spiro atoms. The lowest BCUT2D eigenvalue weighted by Gasteiger charge is -2.15. The van der Waals surface area contributed by atoms with Crippen molar-refractivity contribution in [3.8, 4) is 0 Å². The van der Waals surface area contributed by atoms with E-state index < -0.39 is 0 Å². The molecule has 0 aliphatic carbocycles. The number of aromatic nitrogens is 2. The van der Waals surface area contributed by atoms with Crippen LogP contribution in [0.3, 0.4) is 0 Å². The fraction of sp³-hybridized carbons (Fsp3) is 0.375. The summed E-state index contributed by atoms with van der Waals surface area (Å²) in [5, 5.41) is 0. The number of nitrogens with zero attached hydrogens (tertiary/aromatic N) is 2. The SMILES string of the molecule is Cc1cnc(C(Cc2ccc(C(C)C)cc2)NN)nc1. The number of nitrogens with one attached hydrogen (secondary N) is 1. The van der Waals surface area contributed by atoms with E-state index in [1.165, 1.54) is 11.1 Å². The van der Waals surface area contributed by atoms with Gasteiger partial charge in [0.15, 0.2) is 0 Å². The van der Waals surface area contributed by atoms with E-state index in [-0.39, 0.29) is 6.04 Å². The molecule has 0 bridgehead atoms. The second-order valence-corrected chi connectivity index (χ2v) is 5.44. The maximum absolute atomic E-state index is 5.64. The van der Waals surface area contributed by atoms with E-state index in [0.29, 0.717) is 5.92 Å². The number of hydrogen-bond donors (Lipinski definition) is 2. The van der Waals surface area contributed by atoms with E-state index in [0.717, 1.165) is 17.8 Å². The molecule has 4 heteroatoms. The summed E-state index contributed by atoms with van der Waals surface area (Å²) in [5.74, 6) is 6.92. The van der Waals surface area contributed by atoms with Crippen LogP contribution >= 0.6 is 0 Å². The third kappa shape index (κ3) is 3.62. The van der Waals surface area contributed by atoms with E-state index in [4.69, 9.17) is 5.84 Å². The van der Waals surface area contributed by atoms with Gasteiger partial charge in [-0.2, -0.15) is 0 Å². The molecule has 0 saturated carbocycles. The number of hydrazine groups is 1. The molecule has 0 aliphatic rings. The van der Waals surface area contributed by atoms with Crippen LogP contribution in [0, 0.1) is 6.92 Å². The molecular formula is C16H22N4. The van der Waals surface area contributed by atoms with Gasteiger partial charge in [-0.25, -0.2) is 15.4 Å². The summed E-state index contributed by atoms with van der Waals surface area (Å²) >= 11 is 0. The second-order valence-electron chi connectivity index (χ2n) is 5.44. The minimum absolute atomic E-state index is 0.0690. The molecule has 1 heterocycles. The molecule has 1 unspecified atom stereocenters. The van der Waals surface area contributed by atoms with Crippen LogP contribution in [0.25, 0.3) is 0 Å². The van der Waals surface area contributed by atoms with Crippen molar-refractivity contribution in [1.82, 2.24) is 15.4 Å². The first-order chi connectivity index (χ1) is 9.60. The number of hydrogen-bond acceptors (Lipinski definition) is 4.